The average molecular weight is 304 g/mol. The minimum Gasteiger partial charge on any atom is -0.348 e. The summed E-state index contributed by atoms with van der Waals surface area (Å²) >= 11 is 3.34. The van der Waals surface area contributed by atoms with Crippen molar-refractivity contribution in [3.63, 3.8) is 0 Å². The van der Waals surface area contributed by atoms with Gasteiger partial charge in [0.05, 0.1) is 6.54 Å². The van der Waals surface area contributed by atoms with Crippen molar-refractivity contribution in [1.82, 2.24) is 15.1 Å². The van der Waals surface area contributed by atoms with Crippen LogP contribution in [-0.4, -0.2) is 62.0 Å². The van der Waals surface area contributed by atoms with Crippen molar-refractivity contribution in [3.05, 3.63) is 11.1 Å². The normalized spacial score (nSPS) is 18.1. The van der Waals surface area contributed by atoms with Gasteiger partial charge in [0.2, 0.25) is 5.91 Å². The molecule has 1 amide bonds. The molecule has 0 aromatic rings. The standard InChI is InChI=1S/C12H22BrN3O/c1-10(13)8-14-11-4-6-16(7-5-11)9-12(17)15(2)3/h11,14H,1,4-9H2,2-3H3. The monoisotopic (exact) mass is 303 g/mol. The van der Waals surface area contributed by atoms with Gasteiger partial charge in [0.25, 0.3) is 0 Å². The average Bonchev–Trinajstić information content (AvgIpc) is 2.28. The van der Waals surface area contributed by atoms with Gasteiger partial charge in [-0.3, -0.25) is 9.69 Å². The van der Waals surface area contributed by atoms with Crippen molar-refractivity contribution in [2.45, 2.75) is 18.9 Å². The third-order valence-electron chi connectivity index (χ3n) is 3.03. The zero-order valence-corrected chi connectivity index (χ0v) is 12.3. The van der Waals surface area contributed by atoms with E-state index in [4.69, 9.17) is 0 Å². The van der Waals surface area contributed by atoms with Crippen molar-refractivity contribution < 1.29 is 4.79 Å². The minimum absolute atomic E-state index is 0.185. The summed E-state index contributed by atoms with van der Waals surface area (Å²) in [6.45, 7) is 7.16. The van der Waals surface area contributed by atoms with Crippen LogP contribution < -0.4 is 5.32 Å². The number of likely N-dealkylation sites (tertiary alicyclic amines) is 1. The number of halogens is 1. The summed E-state index contributed by atoms with van der Waals surface area (Å²) in [7, 11) is 3.61. The van der Waals surface area contributed by atoms with E-state index in [0.717, 1.165) is 37.0 Å². The highest BCUT2D eigenvalue weighted by Gasteiger charge is 2.20. The lowest BCUT2D eigenvalue weighted by Gasteiger charge is -2.32. The van der Waals surface area contributed by atoms with Crippen LogP contribution in [0, 0.1) is 0 Å². The Morgan fingerprint density at radius 3 is 2.53 bits per heavy atom. The third kappa shape index (κ3) is 5.66. The molecule has 1 aliphatic rings. The Bertz CT molecular complexity index is 273. The molecule has 1 heterocycles. The Labute approximate surface area is 112 Å². The highest BCUT2D eigenvalue weighted by Crippen LogP contribution is 2.11. The van der Waals surface area contributed by atoms with Gasteiger partial charge in [-0.05, 0) is 12.8 Å². The molecule has 1 saturated heterocycles. The Morgan fingerprint density at radius 1 is 1.47 bits per heavy atom. The molecule has 1 aliphatic heterocycles. The number of likely N-dealkylation sites (N-methyl/N-ethyl adjacent to an activating group) is 1. The Balaban J connectivity index is 2.21. The third-order valence-corrected chi connectivity index (χ3v) is 3.31. The van der Waals surface area contributed by atoms with E-state index in [1.54, 1.807) is 19.0 Å². The van der Waals surface area contributed by atoms with Crippen molar-refractivity contribution in [2.24, 2.45) is 0 Å². The molecule has 0 unspecified atom stereocenters. The lowest BCUT2D eigenvalue weighted by Crippen LogP contribution is -2.46. The van der Waals surface area contributed by atoms with E-state index in [1.807, 2.05) is 0 Å². The lowest BCUT2D eigenvalue weighted by molar-refractivity contribution is -0.130. The van der Waals surface area contributed by atoms with E-state index in [-0.39, 0.29) is 5.91 Å². The number of nitrogens with zero attached hydrogens (tertiary/aromatic N) is 2. The van der Waals surface area contributed by atoms with E-state index in [2.05, 4.69) is 32.7 Å². The van der Waals surface area contributed by atoms with Gasteiger partial charge in [-0.2, -0.15) is 0 Å². The summed E-state index contributed by atoms with van der Waals surface area (Å²) in [5.41, 5.74) is 0. The van der Waals surface area contributed by atoms with E-state index in [9.17, 15) is 4.79 Å². The molecule has 0 saturated carbocycles. The fraction of sp³-hybridized carbons (Fsp3) is 0.750. The summed E-state index contributed by atoms with van der Waals surface area (Å²) in [6, 6.07) is 0.551. The zero-order valence-electron chi connectivity index (χ0n) is 10.7. The second-order valence-corrected chi connectivity index (χ2v) is 5.86. The van der Waals surface area contributed by atoms with Crippen molar-refractivity contribution in [2.75, 3.05) is 40.3 Å². The molecule has 5 heteroatoms. The number of piperidine rings is 1. The number of hydrogen-bond acceptors (Lipinski definition) is 3. The van der Waals surface area contributed by atoms with E-state index in [0.29, 0.717) is 12.6 Å². The quantitative estimate of drug-likeness (QED) is 0.824. The first-order valence-electron chi connectivity index (χ1n) is 5.98. The van der Waals surface area contributed by atoms with Crippen LogP contribution in [0.25, 0.3) is 0 Å². The van der Waals surface area contributed by atoms with Crippen LogP contribution in [0.15, 0.2) is 11.1 Å². The first-order chi connectivity index (χ1) is 7.99. The predicted molar refractivity (Wildman–Crippen MR) is 74.2 cm³/mol. The number of rotatable bonds is 5. The van der Waals surface area contributed by atoms with E-state index in [1.165, 1.54) is 0 Å². The molecule has 1 rings (SSSR count). The summed E-state index contributed by atoms with van der Waals surface area (Å²) in [5, 5.41) is 3.45. The number of hydrogen-bond donors (Lipinski definition) is 1. The molecule has 0 atom stereocenters. The molecule has 17 heavy (non-hydrogen) atoms. The van der Waals surface area contributed by atoms with Crippen LogP contribution >= 0.6 is 15.9 Å². The van der Waals surface area contributed by atoms with Crippen LogP contribution in [0.1, 0.15) is 12.8 Å². The maximum absolute atomic E-state index is 11.6. The maximum Gasteiger partial charge on any atom is 0.236 e. The summed E-state index contributed by atoms with van der Waals surface area (Å²) in [6.07, 6.45) is 2.20. The molecule has 98 valence electrons. The van der Waals surface area contributed by atoms with Crippen LogP contribution in [0.2, 0.25) is 0 Å². The number of amides is 1. The molecule has 0 spiro atoms. The molecule has 0 radical (unpaired) electrons. The first-order valence-corrected chi connectivity index (χ1v) is 6.77. The van der Waals surface area contributed by atoms with Crippen LogP contribution in [-0.2, 0) is 4.79 Å². The summed E-state index contributed by atoms with van der Waals surface area (Å²) in [5.74, 6) is 0.185. The second kappa shape index (κ2) is 7.13. The van der Waals surface area contributed by atoms with Crippen molar-refractivity contribution in [1.29, 1.82) is 0 Å². The minimum atomic E-state index is 0.185. The number of carbonyl (C=O) groups excluding carboxylic acids is 1. The molecule has 0 aromatic carbocycles. The molecule has 0 aromatic heterocycles. The lowest BCUT2D eigenvalue weighted by atomic mass is 10.1. The van der Waals surface area contributed by atoms with Gasteiger partial charge in [-0.25, -0.2) is 0 Å². The van der Waals surface area contributed by atoms with Gasteiger partial charge >= 0.3 is 0 Å². The SMILES string of the molecule is C=C(Br)CNC1CCN(CC(=O)N(C)C)CC1. The van der Waals surface area contributed by atoms with Gasteiger partial charge in [-0.15, -0.1) is 0 Å². The second-order valence-electron chi connectivity index (χ2n) is 4.74. The van der Waals surface area contributed by atoms with Crippen LogP contribution in [0.4, 0.5) is 0 Å². The van der Waals surface area contributed by atoms with Crippen molar-refractivity contribution >= 4 is 21.8 Å². The molecular weight excluding hydrogens is 282 g/mol. The largest absolute Gasteiger partial charge is 0.348 e. The Hall–Kier alpha value is -0.390. The molecule has 0 aliphatic carbocycles. The molecule has 4 nitrogen and oxygen atoms in total. The van der Waals surface area contributed by atoms with Gasteiger partial charge in [0.1, 0.15) is 0 Å². The van der Waals surface area contributed by atoms with Gasteiger partial charge in [0, 0.05) is 44.3 Å². The first kappa shape index (κ1) is 14.7. The Morgan fingerprint density at radius 2 is 2.06 bits per heavy atom. The molecule has 1 fully saturated rings. The number of nitrogens with one attached hydrogen (secondary N) is 1. The highest BCUT2D eigenvalue weighted by molar-refractivity contribution is 9.11. The van der Waals surface area contributed by atoms with E-state index < -0.39 is 0 Å². The molecule has 1 N–H and O–H groups in total. The fourth-order valence-corrected chi connectivity index (χ4v) is 2.04. The van der Waals surface area contributed by atoms with Crippen LogP contribution in [0.3, 0.4) is 0 Å². The smallest absolute Gasteiger partial charge is 0.236 e. The molecule has 0 bridgehead atoms. The van der Waals surface area contributed by atoms with Gasteiger partial charge in [0.15, 0.2) is 0 Å². The fourth-order valence-electron chi connectivity index (χ4n) is 1.88. The Kier molecular flexibility index (Phi) is 6.16. The number of carbonyl (C=O) groups is 1. The van der Waals surface area contributed by atoms with Gasteiger partial charge < -0.3 is 10.2 Å². The summed E-state index contributed by atoms with van der Waals surface area (Å²) < 4.78 is 0.989. The van der Waals surface area contributed by atoms with Crippen LogP contribution in [0.5, 0.6) is 0 Å². The molecular formula is C12H22BrN3O. The maximum atomic E-state index is 11.6. The summed E-state index contributed by atoms with van der Waals surface area (Å²) in [4.78, 5) is 15.4. The predicted octanol–water partition coefficient (Wildman–Crippen LogP) is 1.04. The topological polar surface area (TPSA) is 35.6 Å². The van der Waals surface area contributed by atoms with Gasteiger partial charge in [-0.1, -0.05) is 22.5 Å². The zero-order chi connectivity index (χ0) is 12.8. The highest BCUT2D eigenvalue weighted by atomic mass is 79.9. The van der Waals surface area contributed by atoms with E-state index >= 15 is 0 Å². The van der Waals surface area contributed by atoms with Crippen molar-refractivity contribution in [3.8, 4) is 0 Å².